The van der Waals surface area contributed by atoms with Crippen LogP contribution in [0.2, 0.25) is 0 Å². The molecule has 15 heavy (non-hydrogen) atoms. The summed E-state index contributed by atoms with van der Waals surface area (Å²) >= 11 is 3.41. The molecule has 1 atom stereocenters. The first-order valence-corrected chi connectivity index (χ1v) is 5.68. The number of nitrogens with two attached hydrogens (primary N) is 1. The van der Waals surface area contributed by atoms with E-state index in [2.05, 4.69) is 15.9 Å². The maximum atomic E-state index is 13.0. The summed E-state index contributed by atoms with van der Waals surface area (Å²) < 4.78 is 13.9. The molecular formula is C11H14BrClFN. The molecule has 2 rings (SSSR count). The SMILES string of the molecule is Cl.N[C@@H](c1cc(F)ccc1Br)C1CCC1. The van der Waals surface area contributed by atoms with Crippen LogP contribution < -0.4 is 5.73 Å². The minimum atomic E-state index is -0.210. The molecule has 0 aromatic heterocycles. The quantitative estimate of drug-likeness (QED) is 0.882. The van der Waals surface area contributed by atoms with Gasteiger partial charge in [0.1, 0.15) is 5.82 Å². The molecule has 0 aliphatic heterocycles. The van der Waals surface area contributed by atoms with E-state index in [-0.39, 0.29) is 24.3 Å². The summed E-state index contributed by atoms with van der Waals surface area (Å²) in [4.78, 5) is 0. The fourth-order valence-electron chi connectivity index (χ4n) is 1.82. The second-order valence-corrected chi connectivity index (χ2v) is 4.74. The van der Waals surface area contributed by atoms with Crippen LogP contribution in [-0.4, -0.2) is 0 Å². The molecule has 84 valence electrons. The predicted octanol–water partition coefficient (Wildman–Crippen LogP) is 3.81. The summed E-state index contributed by atoms with van der Waals surface area (Å²) in [5.41, 5.74) is 6.97. The number of halogens is 3. The van der Waals surface area contributed by atoms with E-state index >= 15 is 0 Å². The van der Waals surface area contributed by atoms with Gasteiger partial charge in [-0.15, -0.1) is 12.4 Å². The molecule has 0 amide bonds. The first-order chi connectivity index (χ1) is 6.68. The number of benzene rings is 1. The molecular weight excluding hydrogens is 280 g/mol. The van der Waals surface area contributed by atoms with Crippen LogP contribution in [0, 0.1) is 11.7 Å². The third kappa shape index (κ3) is 2.71. The third-order valence-corrected chi connectivity index (χ3v) is 3.70. The molecule has 0 unspecified atom stereocenters. The van der Waals surface area contributed by atoms with Gasteiger partial charge in [-0.2, -0.15) is 0 Å². The van der Waals surface area contributed by atoms with Gasteiger partial charge in [0.25, 0.3) is 0 Å². The van der Waals surface area contributed by atoms with Gasteiger partial charge in [-0.05, 0) is 42.5 Å². The Labute approximate surface area is 104 Å². The van der Waals surface area contributed by atoms with E-state index in [0.717, 1.165) is 10.0 Å². The van der Waals surface area contributed by atoms with Crippen LogP contribution >= 0.6 is 28.3 Å². The summed E-state index contributed by atoms with van der Waals surface area (Å²) in [5, 5.41) is 0. The van der Waals surface area contributed by atoms with Crippen molar-refractivity contribution in [2.75, 3.05) is 0 Å². The number of rotatable bonds is 2. The normalized spacial score (nSPS) is 17.8. The van der Waals surface area contributed by atoms with Crippen LogP contribution in [0.3, 0.4) is 0 Å². The van der Waals surface area contributed by atoms with Crippen molar-refractivity contribution in [2.24, 2.45) is 11.7 Å². The van der Waals surface area contributed by atoms with Crippen molar-refractivity contribution in [1.82, 2.24) is 0 Å². The highest BCUT2D eigenvalue weighted by Gasteiger charge is 2.26. The molecule has 1 fully saturated rings. The molecule has 1 saturated carbocycles. The molecule has 1 aliphatic carbocycles. The van der Waals surface area contributed by atoms with Gasteiger partial charge in [0.05, 0.1) is 0 Å². The zero-order valence-corrected chi connectivity index (χ0v) is 10.7. The summed E-state index contributed by atoms with van der Waals surface area (Å²) in [6.07, 6.45) is 3.60. The Morgan fingerprint density at radius 2 is 2.07 bits per heavy atom. The topological polar surface area (TPSA) is 26.0 Å². The molecule has 0 heterocycles. The van der Waals surface area contributed by atoms with Crippen molar-refractivity contribution in [2.45, 2.75) is 25.3 Å². The van der Waals surface area contributed by atoms with E-state index in [1.807, 2.05) is 0 Å². The lowest BCUT2D eigenvalue weighted by molar-refractivity contribution is 0.263. The summed E-state index contributed by atoms with van der Waals surface area (Å²) in [6.45, 7) is 0. The van der Waals surface area contributed by atoms with Crippen LogP contribution in [0.4, 0.5) is 4.39 Å². The lowest BCUT2D eigenvalue weighted by atomic mass is 9.77. The first kappa shape index (κ1) is 12.9. The highest BCUT2D eigenvalue weighted by molar-refractivity contribution is 9.10. The predicted molar refractivity (Wildman–Crippen MR) is 65.6 cm³/mol. The molecule has 0 saturated heterocycles. The van der Waals surface area contributed by atoms with Crippen molar-refractivity contribution in [3.8, 4) is 0 Å². The molecule has 0 bridgehead atoms. The standard InChI is InChI=1S/C11H13BrFN.ClH/c12-10-5-4-8(13)6-9(10)11(14)7-2-1-3-7;/h4-7,11H,1-3,14H2;1H/t11-;/m1./s1. The fraction of sp³-hybridized carbons (Fsp3) is 0.455. The molecule has 0 spiro atoms. The van der Waals surface area contributed by atoms with Crippen molar-refractivity contribution < 1.29 is 4.39 Å². The Kier molecular flexibility index (Phi) is 4.56. The largest absolute Gasteiger partial charge is 0.324 e. The Bertz CT molecular complexity index is 341. The monoisotopic (exact) mass is 293 g/mol. The van der Waals surface area contributed by atoms with Gasteiger partial charge in [-0.25, -0.2) is 4.39 Å². The van der Waals surface area contributed by atoms with Crippen LogP contribution in [0.5, 0.6) is 0 Å². The van der Waals surface area contributed by atoms with Gasteiger partial charge in [0.15, 0.2) is 0 Å². The van der Waals surface area contributed by atoms with E-state index in [0.29, 0.717) is 5.92 Å². The maximum Gasteiger partial charge on any atom is 0.123 e. The number of hydrogen-bond acceptors (Lipinski definition) is 1. The van der Waals surface area contributed by atoms with Crippen LogP contribution in [0.15, 0.2) is 22.7 Å². The van der Waals surface area contributed by atoms with E-state index in [4.69, 9.17) is 5.73 Å². The highest BCUT2D eigenvalue weighted by Crippen LogP contribution is 2.38. The summed E-state index contributed by atoms with van der Waals surface area (Å²) in [5.74, 6) is 0.325. The lowest BCUT2D eigenvalue weighted by Gasteiger charge is -2.31. The average Bonchev–Trinajstić information content (AvgIpc) is 2.06. The van der Waals surface area contributed by atoms with Gasteiger partial charge in [0, 0.05) is 10.5 Å². The summed E-state index contributed by atoms with van der Waals surface area (Å²) in [6, 6.07) is 4.69. The van der Waals surface area contributed by atoms with Gasteiger partial charge in [-0.3, -0.25) is 0 Å². The van der Waals surface area contributed by atoms with Gasteiger partial charge in [0.2, 0.25) is 0 Å². The Morgan fingerprint density at radius 1 is 1.40 bits per heavy atom. The Balaban J connectivity index is 0.00000112. The van der Waals surface area contributed by atoms with Crippen molar-refractivity contribution >= 4 is 28.3 Å². The van der Waals surface area contributed by atoms with E-state index in [9.17, 15) is 4.39 Å². The van der Waals surface area contributed by atoms with Crippen LogP contribution in [-0.2, 0) is 0 Å². The average molecular weight is 295 g/mol. The van der Waals surface area contributed by atoms with Crippen molar-refractivity contribution in [3.63, 3.8) is 0 Å². The van der Waals surface area contributed by atoms with Gasteiger partial charge in [-0.1, -0.05) is 22.4 Å². The molecule has 2 N–H and O–H groups in total. The summed E-state index contributed by atoms with van der Waals surface area (Å²) in [7, 11) is 0. The highest BCUT2D eigenvalue weighted by atomic mass is 79.9. The maximum absolute atomic E-state index is 13.0. The Morgan fingerprint density at radius 3 is 2.60 bits per heavy atom. The Hall–Kier alpha value is -0.120. The molecule has 1 nitrogen and oxygen atoms in total. The smallest absolute Gasteiger partial charge is 0.123 e. The van der Waals surface area contributed by atoms with Gasteiger partial charge >= 0.3 is 0 Å². The van der Waals surface area contributed by atoms with Crippen LogP contribution in [0.1, 0.15) is 30.9 Å². The lowest BCUT2D eigenvalue weighted by Crippen LogP contribution is -2.27. The fourth-order valence-corrected chi connectivity index (χ4v) is 2.33. The third-order valence-electron chi connectivity index (χ3n) is 2.97. The van der Waals surface area contributed by atoms with E-state index in [1.165, 1.54) is 31.4 Å². The first-order valence-electron chi connectivity index (χ1n) is 4.89. The zero-order valence-electron chi connectivity index (χ0n) is 8.25. The van der Waals surface area contributed by atoms with E-state index in [1.54, 1.807) is 6.07 Å². The number of hydrogen-bond donors (Lipinski definition) is 1. The van der Waals surface area contributed by atoms with Crippen molar-refractivity contribution in [3.05, 3.63) is 34.1 Å². The van der Waals surface area contributed by atoms with Gasteiger partial charge < -0.3 is 5.73 Å². The second kappa shape index (κ2) is 5.28. The second-order valence-electron chi connectivity index (χ2n) is 3.88. The van der Waals surface area contributed by atoms with E-state index < -0.39 is 0 Å². The zero-order chi connectivity index (χ0) is 10.1. The molecule has 0 radical (unpaired) electrons. The van der Waals surface area contributed by atoms with Crippen molar-refractivity contribution in [1.29, 1.82) is 0 Å². The minimum absolute atomic E-state index is 0. The van der Waals surface area contributed by atoms with Crippen LogP contribution in [0.25, 0.3) is 0 Å². The molecule has 1 aromatic rings. The minimum Gasteiger partial charge on any atom is -0.324 e. The molecule has 1 aliphatic rings. The molecule has 1 aromatic carbocycles. The molecule has 4 heteroatoms.